The third-order valence-electron chi connectivity index (χ3n) is 2.61. The molecule has 0 saturated carbocycles. The van der Waals surface area contributed by atoms with E-state index in [4.69, 9.17) is 21.5 Å². The lowest BCUT2D eigenvalue weighted by Gasteiger charge is -2.15. The van der Waals surface area contributed by atoms with Crippen molar-refractivity contribution in [1.29, 1.82) is 0 Å². The van der Waals surface area contributed by atoms with Crippen LogP contribution in [0.15, 0.2) is 18.2 Å². The quantitative estimate of drug-likeness (QED) is 0.874. The number of nitrogens with two attached hydrogens (primary N) is 1. The Kier molecular flexibility index (Phi) is 5.44. The van der Waals surface area contributed by atoms with E-state index in [0.717, 1.165) is 5.56 Å². The van der Waals surface area contributed by atoms with Crippen molar-refractivity contribution in [2.45, 2.75) is 20.3 Å². The van der Waals surface area contributed by atoms with Gasteiger partial charge >= 0.3 is 0 Å². The third kappa shape index (κ3) is 5.25. The summed E-state index contributed by atoms with van der Waals surface area (Å²) in [6, 6.07) is 5.47. The van der Waals surface area contributed by atoms with Crippen molar-refractivity contribution in [2.75, 3.05) is 12.4 Å². The number of hydrogen-bond acceptors (Lipinski definition) is 3. The van der Waals surface area contributed by atoms with Crippen molar-refractivity contribution in [1.82, 2.24) is 0 Å². The summed E-state index contributed by atoms with van der Waals surface area (Å²) in [6.45, 7) is 4.12. The van der Waals surface area contributed by atoms with Gasteiger partial charge in [-0.05, 0) is 31.0 Å². The van der Waals surface area contributed by atoms with E-state index in [1.807, 2.05) is 26.0 Å². The van der Waals surface area contributed by atoms with Gasteiger partial charge in [0.15, 0.2) is 0 Å². The van der Waals surface area contributed by atoms with Gasteiger partial charge < -0.3 is 4.74 Å². The third-order valence-corrected chi connectivity index (χ3v) is 3.85. The summed E-state index contributed by atoms with van der Waals surface area (Å²) in [5, 5.41) is 5.55. The fourth-order valence-corrected chi connectivity index (χ4v) is 2.70. The van der Waals surface area contributed by atoms with Crippen LogP contribution >= 0.6 is 11.6 Å². The molecular formula is C12H18ClNO3S. The van der Waals surface area contributed by atoms with Crippen molar-refractivity contribution in [3.8, 4) is 5.75 Å². The van der Waals surface area contributed by atoms with Crippen molar-refractivity contribution in [2.24, 2.45) is 11.1 Å². The van der Waals surface area contributed by atoms with E-state index in [-0.39, 0.29) is 18.3 Å². The average molecular weight is 292 g/mol. The van der Waals surface area contributed by atoms with E-state index in [0.29, 0.717) is 17.2 Å². The van der Waals surface area contributed by atoms with E-state index >= 15 is 0 Å². The van der Waals surface area contributed by atoms with Gasteiger partial charge in [0.05, 0.1) is 17.4 Å². The van der Waals surface area contributed by atoms with Gasteiger partial charge in [0.2, 0.25) is 10.0 Å². The monoisotopic (exact) mass is 291 g/mol. The van der Waals surface area contributed by atoms with Crippen LogP contribution in [-0.4, -0.2) is 20.8 Å². The molecule has 0 aliphatic heterocycles. The van der Waals surface area contributed by atoms with Crippen LogP contribution in [0.5, 0.6) is 5.75 Å². The zero-order valence-electron chi connectivity index (χ0n) is 10.5. The number of sulfonamides is 1. The molecule has 0 spiro atoms. The maximum atomic E-state index is 11.0. The fraction of sp³-hybridized carbons (Fsp3) is 0.500. The molecule has 0 heterocycles. The largest absolute Gasteiger partial charge is 0.492 e. The number of primary sulfonamides is 1. The molecule has 0 fully saturated rings. The summed E-state index contributed by atoms with van der Waals surface area (Å²) in [5.74, 6) is 0.369. The first-order chi connectivity index (χ1) is 8.31. The van der Waals surface area contributed by atoms with Gasteiger partial charge in [0.1, 0.15) is 5.75 Å². The Bertz CT molecular complexity index is 502. The van der Waals surface area contributed by atoms with E-state index in [1.165, 1.54) is 0 Å². The predicted molar refractivity (Wildman–Crippen MR) is 73.4 cm³/mol. The van der Waals surface area contributed by atoms with Gasteiger partial charge in [-0.2, -0.15) is 0 Å². The van der Waals surface area contributed by atoms with Crippen LogP contribution in [0.4, 0.5) is 0 Å². The maximum Gasteiger partial charge on any atom is 0.209 e. The number of halogens is 1. The predicted octanol–water partition coefficient (Wildman–Crippen LogP) is 2.34. The first kappa shape index (κ1) is 15.3. The highest BCUT2D eigenvalue weighted by Gasteiger charge is 2.15. The summed E-state index contributed by atoms with van der Waals surface area (Å²) in [6.07, 6.45) is 0.680. The maximum absolute atomic E-state index is 11.0. The smallest absolute Gasteiger partial charge is 0.209 e. The lowest BCUT2D eigenvalue weighted by molar-refractivity contribution is 0.257. The molecule has 0 bridgehead atoms. The van der Waals surface area contributed by atoms with E-state index in [1.54, 1.807) is 6.07 Å². The van der Waals surface area contributed by atoms with Crippen LogP contribution in [0.3, 0.4) is 0 Å². The van der Waals surface area contributed by atoms with Crippen molar-refractivity contribution < 1.29 is 13.2 Å². The van der Waals surface area contributed by atoms with Crippen LogP contribution in [0.1, 0.15) is 18.9 Å². The number of aryl methyl sites for hydroxylation is 1. The molecule has 4 nitrogen and oxygen atoms in total. The Morgan fingerprint density at radius 3 is 2.67 bits per heavy atom. The molecule has 0 aromatic heterocycles. The zero-order chi connectivity index (χ0) is 13.8. The van der Waals surface area contributed by atoms with Gasteiger partial charge in [-0.15, -0.1) is 0 Å². The molecule has 1 aromatic rings. The molecule has 18 heavy (non-hydrogen) atoms. The highest BCUT2D eigenvalue weighted by molar-refractivity contribution is 7.89. The highest BCUT2D eigenvalue weighted by atomic mass is 35.5. The lowest BCUT2D eigenvalue weighted by atomic mass is 10.1. The Morgan fingerprint density at radius 2 is 2.11 bits per heavy atom. The molecule has 0 amide bonds. The Balaban J connectivity index is 2.65. The molecule has 0 radical (unpaired) electrons. The van der Waals surface area contributed by atoms with Crippen LogP contribution in [0, 0.1) is 12.8 Å². The van der Waals surface area contributed by atoms with Crippen LogP contribution < -0.4 is 9.88 Å². The first-order valence-electron chi connectivity index (χ1n) is 5.71. The minimum atomic E-state index is -3.47. The average Bonchev–Trinajstić information content (AvgIpc) is 2.27. The molecule has 1 unspecified atom stereocenters. The van der Waals surface area contributed by atoms with Gasteiger partial charge in [0, 0.05) is 5.92 Å². The normalized spacial score (nSPS) is 13.3. The summed E-state index contributed by atoms with van der Waals surface area (Å²) in [5.41, 5.74) is 1.04. The molecule has 0 saturated heterocycles. The number of hydrogen-bond donors (Lipinski definition) is 1. The van der Waals surface area contributed by atoms with Gasteiger partial charge in [0.25, 0.3) is 0 Å². The lowest BCUT2D eigenvalue weighted by Crippen LogP contribution is -2.26. The minimum Gasteiger partial charge on any atom is -0.492 e. The molecule has 1 aromatic carbocycles. The number of rotatable bonds is 6. The van der Waals surface area contributed by atoms with Crippen molar-refractivity contribution in [3.63, 3.8) is 0 Å². The van der Waals surface area contributed by atoms with E-state index in [2.05, 4.69) is 0 Å². The molecule has 102 valence electrons. The van der Waals surface area contributed by atoms with Gasteiger partial charge in [-0.3, -0.25) is 0 Å². The second-order valence-electron chi connectivity index (χ2n) is 4.35. The molecule has 1 rings (SSSR count). The van der Waals surface area contributed by atoms with Crippen molar-refractivity contribution >= 4 is 21.6 Å². The summed E-state index contributed by atoms with van der Waals surface area (Å²) in [4.78, 5) is 0. The standard InChI is InChI=1S/C12H18ClNO3S/c1-3-10(8-18(14,15)16)7-17-12-6-9(2)4-5-11(12)13/h4-6,10H,3,7-8H2,1-2H3,(H2,14,15,16). The minimum absolute atomic E-state index is 0.0765. The summed E-state index contributed by atoms with van der Waals surface area (Å²) >= 11 is 5.99. The van der Waals surface area contributed by atoms with Gasteiger partial charge in [-0.1, -0.05) is 24.6 Å². The first-order valence-corrected chi connectivity index (χ1v) is 7.80. The second kappa shape index (κ2) is 6.41. The molecule has 0 aliphatic rings. The fourth-order valence-electron chi connectivity index (χ4n) is 1.54. The summed E-state index contributed by atoms with van der Waals surface area (Å²) in [7, 11) is -3.47. The molecule has 1 atom stereocenters. The van der Waals surface area contributed by atoms with Crippen molar-refractivity contribution in [3.05, 3.63) is 28.8 Å². The van der Waals surface area contributed by atoms with Gasteiger partial charge in [-0.25, -0.2) is 13.6 Å². The topological polar surface area (TPSA) is 69.4 Å². The Morgan fingerprint density at radius 1 is 1.44 bits per heavy atom. The highest BCUT2D eigenvalue weighted by Crippen LogP contribution is 2.26. The SMILES string of the molecule is CCC(COc1cc(C)ccc1Cl)CS(N)(=O)=O. The zero-order valence-corrected chi connectivity index (χ0v) is 12.1. The second-order valence-corrected chi connectivity index (χ2v) is 6.41. The Hall–Kier alpha value is -0.780. The molecular weight excluding hydrogens is 274 g/mol. The summed E-state index contributed by atoms with van der Waals surface area (Å²) < 4.78 is 27.6. The number of benzene rings is 1. The van der Waals surface area contributed by atoms with Crippen LogP contribution in [0.2, 0.25) is 5.02 Å². The van der Waals surface area contributed by atoms with E-state index in [9.17, 15) is 8.42 Å². The Labute approximate surface area is 113 Å². The molecule has 0 aliphatic carbocycles. The molecule has 2 N–H and O–H groups in total. The molecule has 6 heteroatoms. The van der Waals surface area contributed by atoms with Crippen LogP contribution in [-0.2, 0) is 10.0 Å². The van der Waals surface area contributed by atoms with E-state index < -0.39 is 10.0 Å². The number of ether oxygens (including phenoxy) is 1. The van der Waals surface area contributed by atoms with Crippen LogP contribution in [0.25, 0.3) is 0 Å².